The van der Waals surface area contributed by atoms with Gasteiger partial charge in [0.05, 0.1) is 0 Å². The van der Waals surface area contributed by atoms with E-state index < -0.39 is 0 Å². The van der Waals surface area contributed by atoms with Gasteiger partial charge in [0.15, 0.2) is 0 Å². The fourth-order valence-corrected chi connectivity index (χ4v) is 1.46. The first-order chi connectivity index (χ1) is 6.36. The minimum Gasteiger partial charge on any atom is -0.489 e. The summed E-state index contributed by atoms with van der Waals surface area (Å²) in [6.07, 6.45) is 5.95. The summed E-state index contributed by atoms with van der Waals surface area (Å²) >= 11 is 4.27. The van der Waals surface area contributed by atoms with Gasteiger partial charge in [0.1, 0.15) is 12.4 Å². The van der Waals surface area contributed by atoms with Gasteiger partial charge in [0.25, 0.3) is 0 Å². The molecule has 0 fully saturated rings. The zero-order chi connectivity index (χ0) is 9.10. The lowest BCUT2D eigenvalue weighted by Gasteiger charge is -2.11. The van der Waals surface area contributed by atoms with Crippen LogP contribution in [0.1, 0.15) is 5.56 Å². The summed E-state index contributed by atoms with van der Waals surface area (Å²) in [6.45, 7) is 0.655. The molecule has 0 saturated heterocycles. The third kappa shape index (κ3) is 1.95. The zero-order valence-corrected chi connectivity index (χ0v) is 8.00. The van der Waals surface area contributed by atoms with E-state index in [2.05, 4.69) is 12.6 Å². The molecule has 0 N–H and O–H groups in total. The van der Waals surface area contributed by atoms with Gasteiger partial charge >= 0.3 is 0 Å². The Kier molecular flexibility index (Phi) is 2.41. The molecule has 0 spiro atoms. The van der Waals surface area contributed by atoms with Crippen molar-refractivity contribution in [1.29, 1.82) is 0 Å². The molecule has 2 rings (SSSR count). The smallest absolute Gasteiger partial charge is 0.127 e. The number of ether oxygens (including phenoxy) is 1. The molecule has 0 saturated carbocycles. The average molecular weight is 190 g/mol. The molecule has 0 aliphatic carbocycles. The van der Waals surface area contributed by atoms with E-state index in [0.717, 1.165) is 16.2 Å². The normalized spacial score (nSPS) is 15.0. The largest absolute Gasteiger partial charge is 0.489 e. The fraction of sp³-hybridized carbons (Fsp3) is 0.0909. The Morgan fingerprint density at radius 3 is 2.92 bits per heavy atom. The molecule has 66 valence electrons. The first-order valence-corrected chi connectivity index (χ1v) is 4.60. The predicted octanol–water partition coefficient (Wildman–Crippen LogP) is 2.90. The fourth-order valence-electron chi connectivity index (χ4n) is 1.24. The van der Waals surface area contributed by atoms with Crippen molar-refractivity contribution in [2.75, 3.05) is 6.61 Å². The van der Waals surface area contributed by atoms with Crippen molar-refractivity contribution in [3.8, 4) is 0 Å². The van der Waals surface area contributed by atoms with Gasteiger partial charge in [-0.15, -0.1) is 12.6 Å². The van der Waals surface area contributed by atoms with Crippen LogP contribution in [-0.4, -0.2) is 6.61 Å². The van der Waals surface area contributed by atoms with E-state index in [4.69, 9.17) is 4.74 Å². The van der Waals surface area contributed by atoms with Crippen molar-refractivity contribution in [1.82, 2.24) is 0 Å². The van der Waals surface area contributed by atoms with Crippen molar-refractivity contribution in [2.45, 2.75) is 4.90 Å². The second-order valence-electron chi connectivity index (χ2n) is 2.82. The maximum absolute atomic E-state index is 5.46. The minimum atomic E-state index is 0.655. The molecule has 1 aliphatic heterocycles. The van der Waals surface area contributed by atoms with Gasteiger partial charge in [-0.05, 0) is 24.3 Å². The highest BCUT2D eigenvalue weighted by Crippen LogP contribution is 2.20. The maximum atomic E-state index is 5.46. The Balaban J connectivity index is 2.34. The Morgan fingerprint density at radius 1 is 1.31 bits per heavy atom. The first kappa shape index (κ1) is 8.45. The van der Waals surface area contributed by atoms with E-state index in [1.165, 1.54) is 0 Å². The van der Waals surface area contributed by atoms with Gasteiger partial charge in [-0.3, -0.25) is 0 Å². The molecule has 1 aliphatic rings. The predicted molar refractivity (Wildman–Crippen MR) is 56.8 cm³/mol. The minimum absolute atomic E-state index is 0.655. The summed E-state index contributed by atoms with van der Waals surface area (Å²) in [4.78, 5) is 0.955. The van der Waals surface area contributed by atoms with Gasteiger partial charge in [-0.2, -0.15) is 0 Å². The Morgan fingerprint density at radius 2 is 2.23 bits per heavy atom. The zero-order valence-electron chi connectivity index (χ0n) is 7.10. The van der Waals surface area contributed by atoms with Crippen LogP contribution in [0, 0.1) is 0 Å². The van der Waals surface area contributed by atoms with E-state index in [0.29, 0.717) is 6.61 Å². The molecule has 1 nitrogen and oxygen atoms in total. The quantitative estimate of drug-likeness (QED) is 0.670. The topological polar surface area (TPSA) is 9.23 Å². The summed E-state index contributed by atoms with van der Waals surface area (Å²) in [5.41, 5.74) is 1.08. The van der Waals surface area contributed by atoms with Crippen molar-refractivity contribution in [3.05, 3.63) is 48.1 Å². The second kappa shape index (κ2) is 3.71. The highest BCUT2D eigenvalue weighted by molar-refractivity contribution is 7.80. The SMILES string of the molecule is Sc1cccc(C2=CC=CCO2)c1. The molecule has 1 heterocycles. The lowest BCUT2D eigenvalue weighted by molar-refractivity contribution is 0.316. The number of benzene rings is 1. The Labute approximate surface area is 83.1 Å². The lowest BCUT2D eigenvalue weighted by atomic mass is 10.1. The van der Waals surface area contributed by atoms with Crippen LogP contribution < -0.4 is 0 Å². The third-order valence-corrected chi connectivity index (χ3v) is 2.13. The van der Waals surface area contributed by atoms with E-state index >= 15 is 0 Å². The van der Waals surface area contributed by atoms with Gasteiger partial charge in [0.2, 0.25) is 0 Å². The van der Waals surface area contributed by atoms with Crippen molar-refractivity contribution < 1.29 is 4.74 Å². The van der Waals surface area contributed by atoms with Crippen LogP contribution in [0.4, 0.5) is 0 Å². The lowest BCUT2D eigenvalue weighted by Crippen LogP contribution is -1.95. The Hall–Kier alpha value is -1.15. The molecular weight excluding hydrogens is 180 g/mol. The number of hydrogen-bond donors (Lipinski definition) is 1. The molecule has 0 unspecified atom stereocenters. The van der Waals surface area contributed by atoms with Gasteiger partial charge in [0, 0.05) is 10.5 Å². The van der Waals surface area contributed by atoms with Crippen molar-refractivity contribution in [3.63, 3.8) is 0 Å². The molecule has 1 aromatic carbocycles. The van der Waals surface area contributed by atoms with E-state index in [-0.39, 0.29) is 0 Å². The molecular formula is C11H10OS. The Bertz CT molecular complexity index is 366. The average Bonchev–Trinajstić information content (AvgIpc) is 2.19. The standard InChI is InChI=1S/C11H10OS/c13-10-5-3-4-9(8-10)11-6-1-2-7-12-11/h1-6,8,13H,7H2. The monoisotopic (exact) mass is 190 g/mol. The highest BCUT2D eigenvalue weighted by atomic mass is 32.1. The molecule has 1 aromatic rings. The van der Waals surface area contributed by atoms with Gasteiger partial charge in [-0.25, -0.2) is 0 Å². The first-order valence-electron chi connectivity index (χ1n) is 4.15. The number of thiol groups is 1. The van der Waals surface area contributed by atoms with Crippen LogP contribution in [0.3, 0.4) is 0 Å². The molecule has 0 atom stereocenters. The summed E-state index contributed by atoms with van der Waals surface area (Å²) in [6, 6.07) is 7.94. The third-order valence-electron chi connectivity index (χ3n) is 1.85. The summed E-state index contributed by atoms with van der Waals surface area (Å²) in [5, 5.41) is 0. The highest BCUT2D eigenvalue weighted by Gasteiger charge is 2.03. The van der Waals surface area contributed by atoms with E-state index in [1.54, 1.807) is 0 Å². The van der Waals surface area contributed by atoms with Crippen LogP contribution in [0.15, 0.2) is 47.4 Å². The van der Waals surface area contributed by atoms with E-state index in [1.807, 2.05) is 42.5 Å². The van der Waals surface area contributed by atoms with Gasteiger partial charge in [-0.1, -0.05) is 18.2 Å². The maximum Gasteiger partial charge on any atom is 0.127 e. The van der Waals surface area contributed by atoms with Gasteiger partial charge < -0.3 is 4.74 Å². The molecule has 0 amide bonds. The number of hydrogen-bond acceptors (Lipinski definition) is 2. The van der Waals surface area contributed by atoms with Crippen LogP contribution in [-0.2, 0) is 4.74 Å². The molecule has 0 radical (unpaired) electrons. The second-order valence-corrected chi connectivity index (χ2v) is 3.34. The summed E-state index contributed by atoms with van der Waals surface area (Å²) < 4.78 is 5.46. The van der Waals surface area contributed by atoms with Crippen LogP contribution >= 0.6 is 12.6 Å². The summed E-state index contributed by atoms with van der Waals surface area (Å²) in [5.74, 6) is 0.915. The van der Waals surface area contributed by atoms with Crippen LogP contribution in [0.2, 0.25) is 0 Å². The molecule has 0 bridgehead atoms. The molecule has 0 aromatic heterocycles. The number of allylic oxidation sites excluding steroid dienone is 2. The van der Waals surface area contributed by atoms with Crippen LogP contribution in [0.25, 0.3) is 5.76 Å². The number of rotatable bonds is 1. The molecule has 13 heavy (non-hydrogen) atoms. The van der Waals surface area contributed by atoms with Crippen LogP contribution in [0.5, 0.6) is 0 Å². The molecule has 2 heteroatoms. The van der Waals surface area contributed by atoms with E-state index in [9.17, 15) is 0 Å². The van der Waals surface area contributed by atoms with Crippen molar-refractivity contribution >= 4 is 18.4 Å². The summed E-state index contributed by atoms with van der Waals surface area (Å²) in [7, 11) is 0. The van der Waals surface area contributed by atoms with Crippen molar-refractivity contribution in [2.24, 2.45) is 0 Å².